The second-order valence-electron chi connectivity index (χ2n) is 3.68. The van der Waals surface area contributed by atoms with E-state index in [2.05, 4.69) is 10.6 Å². The van der Waals surface area contributed by atoms with Crippen LogP contribution in [0.1, 0.15) is 12.0 Å². The van der Waals surface area contributed by atoms with Gasteiger partial charge in [-0.25, -0.2) is 4.79 Å². The monoisotopic (exact) mass is 271 g/mol. The molecule has 0 aliphatic carbocycles. The summed E-state index contributed by atoms with van der Waals surface area (Å²) in [5.41, 5.74) is 1.18. The number of nitrogens with one attached hydrogen (secondary N) is 2. The van der Waals surface area contributed by atoms with Gasteiger partial charge in [-0.3, -0.25) is 10.1 Å². The molecular formula is C11H14ClN3O3. The quantitative estimate of drug-likeness (QED) is 0.374. The fourth-order valence-corrected chi connectivity index (χ4v) is 1.47. The number of carbonyl (C=O) groups excluding carboxylic acids is 1. The molecule has 1 aromatic rings. The summed E-state index contributed by atoms with van der Waals surface area (Å²) in [5.74, 6) is 0.483. The van der Waals surface area contributed by atoms with Gasteiger partial charge in [0.15, 0.2) is 0 Å². The molecule has 7 heteroatoms. The Hall–Kier alpha value is -1.82. The molecule has 0 atom stereocenters. The molecule has 18 heavy (non-hydrogen) atoms. The van der Waals surface area contributed by atoms with Crippen molar-refractivity contribution in [1.29, 1.82) is 0 Å². The van der Waals surface area contributed by atoms with E-state index in [4.69, 9.17) is 11.6 Å². The van der Waals surface area contributed by atoms with Gasteiger partial charge in [0.05, 0.1) is 4.92 Å². The van der Waals surface area contributed by atoms with E-state index in [-0.39, 0.29) is 11.7 Å². The van der Waals surface area contributed by atoms with Crippen molar-refractivity contribution in [3.05, 3.63) is 33.9 Å². The van der Waals surface area contributed by atoms with E-state index in [1.165, 1.54) is 18.2 Å². The minimum atomic E-state index is -0.475. The minimum Gasteiger partial charge on any atom is -0.338 e. The summed E-state index contributed by atoms with van der Waals surface area (Å²) in [5, 5.41) is 15.8. The van der Waals surface area contributed by atoms with E-state index < -0.39 is 4.92 Å². The van der Waals surface area contributed by atoms with Crippen LogP contribution in [0.3, 0.4) is 0 Å². The summed E-state index contributed by atoms with van der Waals surface area (Å²) < 4.78 is 0. The molecule has 2 N–H and O–H groups in total. The molecule has 0 unspecified atom stereocenters. The van der Waals surface area contributed by atoms with Crippen molar-refractivity contribution < 1.29 is 9.72 Å². The Morgan fingerprint density at radius 1 is 1.50 bits per heavy atom. The summed E-state index contributed by atoms with van der Waals surface area (Å²) in [7, 11) is 0. The number of hydrogen-bond acceptors (Lipinski definition) is 3. The van der Waals surface area contributed by atoms with Gasteiger partial charge in [0.25, 0.3) is 5.69 Å². The lowest BCUT2D eigenvalue weighted by Crippen LogP contribution is -2.29. The lowest BCUT2D eigenvalue weighted by Gasteiger charge is -2.09. The summed E-state index contributed by atoms with van der Waals surface area (Å²) in [4.78, 5) is 21.5. The van der Waals surface area contributed by atoms with Gasteiger partial charge in [0, 0.05) is 30.2 Å². The number of non-ortho nitro benzene ring substituents is 1. The van der Waals surface area contributed by atoms with Crippen molar-refractivity contribution >= 4 is 29.0 Å². The number of anilines is 1. The molecule has 0 aromatic heterocycles. The van der Waals surface area contributed by atoms with Gasteiger partial charge in [0.2, 0.25) is 0 Å². The number of benzene rings is 1. The van der Waals surface area contributed by atoms with Crippen molar-refractivity contribution in [2.45, 2.75) is 13.3 Å². The van der Waals surface area contributed by atoms with Crippen LogP contribution in [0.25, 0.3) is 0 Å². The second kappa shape index (κ2) is 6.80. The number of amides is 2. The molecule has 0 aliphatic rings. The Morgan fingerprint density at radius 3 is 2.78 bits per heavy atom. The molecule has 0 bridgehead atoms. The van der Waals surface area contributed by atoms with Crippen LogP contribution in [-0.4, -0.2) is 23.4 Å². The van der Waals surface area contributed by atoms with E-state index in [1.807, 2.05) is 0 Å². The SMILES string of the molecule is Cc1cc([N+](=O)[O-])ccc1NC(=O)NCCCCl. The van der Waals surface area contributed by atoms with E-state index >= 15 is 0 Å². The molecule has 2 amide bonds. The first-order chi connectivity index (χ1) is 8.54. The Balaban J connectivity index is 2.62. The molecule has 6 nitrogen and oxygen atoms in total. The zero-order chi connectivity index (χ0) is 13.5. The largest absolute Gasteiger partial charge is 0.338 e. The van der Waals surface area contributed by atoms with Crippen molar-refractivity contribution in [2.24, 2.45) is 0 Å². The predicted octanol–water partition coefficient (Wildman–Crippen LogP) is 2.65. The zero-order valence-electron chi connectivity index (χ0n) is 9.90. The van der Waals surface area contributed by atoms with Gasteiger partial charge >= 0.3 is 6.03 Å². The number of carbonyl (C=O) groups is 1. The van der Waals surface area contributed by atoms with Crippen LogP contribution in [0.4, 0.5) is 16.2 Å². The van der Waals surface area contributed by atoms with Gasteiger partial charge in [0.1, 0.15) is 0 Å². The minimum absolute atomic E-state index is 0.000554. The summed E-state index contributed by atoms with van der Waals surface area (Å²) in [6.45, 7) is 2.18. The average molecular weight is 272 g/mol. The van der Waals surface area contributed by atoms with Crippen LogP contribution >= 0.6 is 11.6 Å². The highest BCUT2D eigenvalue weighted by atomic mass is 35.5. The molecule has 0 fully saturated rings. The highest BCUT2D eigenvalue weighted by molar-refractivity contribution is 6.17. The van der Waals surface area contributed by atoms with Crippen LogP contribution in [0.2, 0.25) is 0 Å². The lowest BCUT2D eigenvalue weighted by atomic mass is 10.2. The van der Waals surface area contributed by atoms with E-state index in [0.29, 0.717) is 30.1 Å². The highest BCUT2D eigenvalue weighted by Crippen LogP contribution is 2.20. The van der Waals surface area contributed by atoms with Crippen LogP contribution < -0.4 is 10.6 Å². The molecule has 0 saturated heterocycles. The zero-order valence-corrected chi connectivity index (χ0v) is 10.7. The van der Waals surface area contributed by atoms with Crippen molar-refractivity contribution in [3.63, 3.8) is 0 Å². The first-order valence-corrected chi connectivity index (χ1v) is 5.94. The molecule has 1 aromatic carbocycles. The molecule has 0 saturated carbocycles. The Labute approximate surface area is 109 Å². The summed E-state index contributed by atoms with van der Waals surface area (Å²) in [6, 6.07) is 3.92. The van der Waals surface area contributed by atoms with Gasteiger partial charge in [-0.2, -0.15) is 0 Å². The molecular weight excluding hydrogens is 258 g/mol. The first kappa shape index (κ1) is 14.2. The fraction of sp³-hybridized carbons (Fsp3) is 0.364. The number of alkyl halides is 1. The Morgan fingerprint density at radius 2 is 2.22 bits per heavy atom. The van der Waals surface area contributed by atoms with Gasteiger partial charge in [-0.05, 0) is 25.0 Å². The van der Waals surface area contributed by atoms with E-state index in [1.54, 1.807) is 6.92 Å². The van der Waals surface area contributed by atoms with Gasteiger partial charge < -0.3 is 10.6 Å². The summed E-state index contributed by atoms with van der Waals surface area (Å²) in [6.07, 6.45) is 0.689. The summed E-state index contributed by atoms with van der Waals surface area (Å²) >= 11 is 5.48. The smallest absolute Gasteiger partial charge is 0.319 e. The van der Waals surface area contributed by atoms with Gasteiger partial charge in [-0.1, -0.05) is 0 Å². The first-order valence-electron chi connectivity index (χ1n) is 5.40. The topological polar surface area (TPSA) is 84.3 Å². The fourth-order valence-electron chi connectivity index (χ4n) is 1.34. The average Bonchev–Trinajstić information content (AvgIpc) is 2.32. The highest BCUT2D eigenvalue weighted by Gasteiger charge is 2.09. The maximum Gasteiger partial charge on any atom is 0.319 e. The van der Waals surface area contributed by atoms with Crippen LogP contribution in [0.15, 0.2) is 18.2 Å². The van der Waals surface area contributed by atoms with Crippen LogP contribution in [0.5, 0.6) is 0 Å². The molecule has 0 spiro atoms. The van der Waals surface area contributed by atoms with Crippen molar-refractivity contribution in [1.82, 2.24) is 5.32 Å². The number of halogens is 1. The molecule has 1 rings (SSSR count). The lowest BCUT2D eigenvalue weighted by molar-refractivity contribution is -0.384. The Bertz CT molecular complexity index is 451. The number of nitro groups is 1. The number of urea groups is 1. The van der Waals surface area contributed by atoms with E-state index in [0.717, 1.165) is 0 Å². The third kappa shape index (κ3) is 4.21. The van der Waals surface area contributed by atoms with Crippen LogP contribution in [0, 0.1) is 17.0 Å². The van der Waals surface area contributed by atoms with Gasteiger partial charge in [-0.15, -0.1) is 11.6 Å². The maximum absolute atomic E-state index is 11.5. The predicted molar refractivity (Wildman–Crippen MR) is 70.2 cm³/mol. The molecule has 0 heterocycles. The number of nitro benzene ring substituents is 1. The third-order valence-corrected chi connectivity index (χ3v) is 2.53. The van der Waals surface area contributed by atoms with Crippen molar-refractivity contribution in [2.75, 3.05) is 17.7 Å². The number of hydrogen-bond donors (Lipinski definition) is 2. The number of nitrogens with zero attached hydrogens (tertiary/aromatic N) is 1. The number of rotatable bonds is 5. The number of aryl methyl sites for hydroxylation is 1. The van der Waals surface area contributed by atoms with Crippen molar-refractivity contribution in [3.8, 4) is 0 Å². The van der Waals surface area contributed by atoms with E-state index in [9.17, 15) is 14.9 Å². The van der Waals surface area contributed by atoms with Crippen LogP contribution in [-0.2, 0) is 0 Å². The Kier molecular flexibility index (Phi) is 5.38. The molecule has 0 radical (unpaired) electrons. The standard InChI is InChI=1S/C11H14ClN3O3/c1-8-7-9(15(17)18)3-4-10(8)14-11(16)13-6-2-5-12/h3-4,7H,2,5-6H2,1H3,(H2,13,14,16). The molecule has 98 valence electrons. The normalized spacial score (nSPS) is 9.89. The second-order valence-corrected chi connectivity index (χ2v) is 4.06. The maximum atomic E-state index is 11.5. The third-order valence-electron chi connectivity index (χ3n) is 2.26. The molecule has 0 aliphatic heterocycles.